The van der Waals surface area contributed by atoms with Gasteiger partial charge in [0.05, 0.1) is 30.9 Å². The van der Waals surface area contributed by atoms with Crippen LogP contribution in [-0.4, -0.2) is 78.2 Å². The molecule has 0 atom stereocenters. The molecule has 0 unspecified atom stereocenters. The highest BCUT2D eigenvalue weighted by molar-refractivity contribution is 7.89. The van der Waals surface area contributed by atoms with Gasteiger partial charge in [0, 0.05) is 29.9 Å². The third-order valence-electron chi connectivity index (χ3n) is 6.25. The summed E-state index contributed by atoms with van der Waals surface area (Å²) in [6.07, 6.45) is 0. The Bertz CT molecular complexity index is 1630. The summed E-state index contributed by atoms with van der Waals surface area (Å²) in [6, 6.07) is 19.5. The minimum atomic E-state index is -3.67. The number of ether oxygens (including phenoxy) is 2. The number of morpholine rings is 1. The molecule has 1 aliphatic heterocycles. The summed E-state index contributed by atoms with van der Waals surface area (Å²) in [5.41, 5.74) is 1.78. The lowest BCUT2D eigenvalue weighted by molar-refractivity contribution is -0.117. The molecular formula is C27H27N7O6S. The fourth-order valence-corrected chi connectivity index (χ4v) is 5.53. The summed E-state index contributed by atoms with van der Waals surface area (Å²) in [4.78, 5) is 26.7. The van der Waals surface area contributed by atoms with Crippen LogP contribution < -0.4 is 15.4 Å². The molecule has 1 aliphatic rings. The number of hydrogen-bond donors (Lipinski definition) is 2. The van der Waals surface area contributed by atoms with E-state index >= 15 is 0 Å². The molecule has 14 heteroatoms. The Hall–Kier alpha value is -4.66. The van der Waals surface area contributed by atoms with E-state index in [9.17, 15) is 18.0 Å². The number of tetrazole rings is 1. The molecule has 0 aliphatic carbocycles. The lowest BCUT2D eigenvalue weighted by atomic mass is 10.1. The van der Waals surface area contributed by atoms with Crippen molar-refractivity contribution in [1.82, 2.24) is 24.5 Å². The molecule has 13 nitrogen and oxygen atoms in total. The highest BCUT2D eigenvalue weighted by Crippen LogP contribution is 2.25. The molecule has 2 amide bonds. The third kappa shape index (κ3) is 6.57. The monoisotopic (exact) mass is 577 g/mol. The number of amides is 2. The van der Waals surface area contributed by atoms with E-state index in [-0.39, 0.29) is 41.8 Å². The Balaban J connectivity index is 1.25. The molecule has 1 saturated heterocycles. The molecule has 2 heterocycles. The van der Waals surface area contributed by atoms with Crippen LogP contribution >= 0.6 is 0 Å². The van der Waals surface area contributed by atoms with Crippen molar-refractivity contribution in [3.05, 3.63) is 78.4 Å². The van der Waals surface area contributed by atoms with Gasteiger partial charge in [-0.1, -0.05) is 12.1 Å². The summed E-state index contributed by atoms with van der Waals surface area (Å²) in [6.45, 7) is 1.09. The van der Waals surface area contributed by atoms with Crippen molar-refractivity contribution in [2.24, 2.45) is 0 Å². The van der Waals surface area contributed by atoms with E-state index in [2.05, 4.69) is 26.0 Å². The molecule has 0 saturated carbocycles. The Kier molecular flexibility index (Phi) is 8.33. The number of aromatic nitrogens is 4. The quantitative estimate of drug-likeness (QED) is 0.304. The van der Waals surface area contributed by atoms with Crippen LogP contribution in [0.5, 0.6) is 5.75 Å². The van der Waals surface area contributed by atoms with E-state index in [1.54, 1.807) is 55.6 Å². The number of carbonyl (C=O) groups is 2. The standard InChI is InChI=1S/C27H27N7O6S/c1-39-21-10-8-20(9-11-21)28-25(35)18-34-31-26(30-32-34)23-4-2-3-5-24(23)29-27(36)19-6-12-22(13-7-19)41(37,38)33-14-16-40-17-15-33/h2-13H,14-18H2,1H3,(H,28,35)(H,29,36). The molecular weight excluding hydrogens is 550 g/mol. The first kappa shape index (κ1) is 27.9. The number of rotatable bonds is 9. The zero-order chi connectivity index (χ0) is 28.8. The number of nitrogens with zero attached hydrogens (tertiary/aromatic N) is 5. The number of methoxy groups -OCH3 is 1. The first-order valence-corrected chi connectivity index (χ1v) is 14.1. The van der Waals surface area contributed by atoms with Gasteiger partial charge in [0.15, 0.2) is 0 Å². The van der Waals surface area contributed by atoms with Gasteiger partial charge in [0.2, 0.25) is 21.8 Å². The highest BCUT2D eigenvalue weighted by Gasteiger charge is 2.26. The number of para-hydroxylation sites is 1. The van der Waals surface area contributed by atoms with Gasteiger partial charge >= 0.3 is 0 Å². The number of carbonyl (C=O) groups excluding carboxylic acids is 2. The lowest BCUT2D eigenvalue weighted by Gasteiger charge is -2.26. The zero-order valence-electron chi connectivity index (χ0n) is 22.1. The summed E-state index contributed by atoms with van der Waals surface area (Å²) in [7, 11) is -2.11. The molecule has 0 bridgehead atoms. The van der Waals surface area contributed by atoms with Crippen molar-refractivity contribution in [1.29, 1.82) is 0 Å². The average Bonchev–Trinajstić information content (AvgIpc) is 3.46. The zero-order valence-corrected chi connectivity index (χ0v) is 22.9. The minimum absolute atomic E-state index is 0.105. The van der Waals surface area contributed by atoms with Crippen LogP contribution in [0.3, 0.4) is 0 Å². The van der Waals surface area contributed by atoms with Crippen molar-refractivity contribution in [3.8, 4) is 17.1 Å². The first-order valence-electron chi connectivity index (χ1n) is 12.6. The van der Waals surface area contributed by atoms with Gasteiger partial charge in [-0.25, -0.2) is 8.42 Å². The second-order valence-corrected chi connectivity index (χ2v) is 10.9. The van der Waals surface area contributed by atoms with Crippen LogP contribution in [0.4, 0.5) is 11.4 Å². The number of nitrogens with one attached hydrogen (secondary N) is 2. The lowest BCUT2D eigenvalue weighted by Crippen LogP contribution is -2.40. The number of anilines is 2. The van der Waals surface area contributed by atoms with Gasteiger partial charge < -0.3 is 20.1 Å². The van der Waals surface area contributed by atoms with E-state index in [0.29, 0.717) is 35.9 Å². The third-order valence-corrected chi connectivity index (χ3v) is 8.17. The van der Waals surface area contributed by atoms with E-state index in [4.69, 9.17) is 9.47 Å². The molecule has 212 valence electrons. The van der Waals surface area contributed by atoms with Crippen LogP contribution in [0.1, 0.15) is 10.4 Å². The Morgan fingerprint density at radius 2 is 1.66 bits per heavy atom. The summed E-state index contributed by atoms with van der Waals surface area (Å²) in [5, 5.41) is 17.9. The van der Waals surface area contributed by atoms with Crippen molar-refractivity contribution in [2.75, 3.05) is 44.0 Å². The topological polar surface area (TPSA) is 158 Å². The molecule has 0 radical (unpaired) electrons. The number of benzene rings is 3. The molecule has 5 rings (SSSR count). The van der Waals surface area contributed by atoms with E-state index in [0.717, 1.165) is 4.80 Å². The SMILES string of the molecule is COc1ccc(NC(=O)Cn2nnc(-c3ccccc3NC(=O)c3ccc(S(=O)(=O)N4CCOCC4)cc3)n2)cc1. The van der Waals surface area contributed by atoms with Crippen LogP contribution in [0.25, 0.3) is 11.4 Å². The predicted octanol–water partition coefficient (Wildman–Crippen LogP) is 2.26. The maximum atomic E-state index is 13.0. The molecule has 1 aromatic heterocycles. The van der Waals surface area contributed by atoms with Crippen LogP contribution in [-0.2, 0) is 26.1 Å². The molecule has 41 heavy (non-hydrogen) atoms. The van der Waals surface area contributed by atoms with Gasteiger partial charge in [-0.2, -0.15) is 9.10 Å². The minimum Gasteiger partial charge on any atom is -0.497 e. The molecule has 0 spiro atoms. The number of sulfonamides is 1. The maximum absolute atomic E-state index is 13.0. The Morgan fingerprint density at radius 3 is 2.37 bits per heavy atom. The van der Waals surface area contributed by atoms with Crippen LogP contribution in [0, 0.1) is 0 Å². The second kappa shape index (κ2) is 12.2. The predicted molar refractivity (Wildman–Crippen MR) is 149 cm³/mol. The largest absolute Gasteiger partial charge is 0.497 e. The summed E-state index contributed by atoms with van der Waals surface area (Å²) in [5.74, 6) is 0.0917. The van der Waals surface area contributed by atoms with Crippen molar-refractivity contribution >= 4 is 33.2 Å². The van der Waals surface area contributed by atoms with Crippen molar-refractivity contribution in [3.63, 3.8) is 0 Å². The van der Waals surface area contributed by atoms with E-state index < -0.39 is 15.9 Å². The van der Waals surface area contributed by atoms with Gasteiger partial charge in [-0.3, -0.25) is 9.59 Å². The van der Waals surface area contributed by atoms with Gasteiger partial charge in [-0.15, -0.1) is 10.2 Å². The van der Waals surface area contributed by atoms with E-state index in [1.807, 2.05) is 0 Å². The normalized spacial score (nSPS) is 13.9. The summed E-state index contributed by atoms with van der Waals surface area (Å²) >= 11 is 0. The highest BCUT2D eigenvalue weighted by atomic mass is 32.2. The summed E-state index contributed by atoms with van der Waals surface area (Å²) < 4.78 is 37.4. The Labute approximate surface area is 236 Å². The molecule has 1 fully saturated rings. The maximum Gasteiger partial charge on any atom is 0.255 e. The van der Waals surface area contributed by atoms with Crippen LogP contribution in [0.15, 0.2) is 77.7 Å². The Morgan fingerprint density at radius 1 is 0.951 bits per heavy atom. The van der Waals surface area contributed by atoms with Crippen molar-refractivity contribution in [2.45, 2.75) is 11.4 Å². The van der Waals surface area contributed by atoms with E-state index in [1.165, 1.54) is 28.6 Å². The number of hydrogen-bond acceptors (Lipinski definition) is 9. The van der Waals surface area contributed by atoms with Crippen LogP contribution in [0.2, 0.25) is 0 Å². The van der Waals surface area contributed by atoms with Gasteiger partial charge in [0.1, 0.15) is 12.3 Å². The van der Waals surface area contributed by atoms with Gasteiger partial charge in [-0.05, 0) is 65.9 Å². The second-order valence-electron chi connectivity index (χ2n) is 8.96. The smallest absolute Gasteiger partial charge is 0.255 e. The fraction of sp³-hybridized carbons (Fsp3) is 0.222. The fourth-order valence-electron chi connectivity index (χ4n) is 4.12. The molecule has 2 N–H and O–H groups in total. The van der Waals surface area contributed by atoms with Crippen molar-refractivity contribution < 1.29 is 27.5 Å². The first-order chi connectivity index (χ1) is 19.8. The molecule has 3 aromatic carbocycles. The molecule has 4 aromatic rings. The average molecular weight is 578 g/mol. The van der Waals surface area contributed by atoms with Gasteiger partial charge in [0.25, 0.3) is 5.91 Å².